The summed E-state index contributed by atoms with van der Waals surface area (Å²) in [6.45, 7) is 5.96. The number of hydrogen-bond donors (Lipinski definition) is 0. The Morgan fingerprint density at radius 2 is 1.63 bits per heavy atom. The normalized spacial score (nSPS) is 17.8. The van der Waals surface area contributed by atoms with Gasteiger partial charge in [0, 0.05) is 6.42 Å². The van der Waals surface area contributed by atoms with E-state index in [2.05, 4.69) is 0 Å². The van der Waals surface area contributed by atoms with Gasteiger partial charge in [0.2, 0.25) is 26.8 Å². The molecule has 2 heterocycles. The summed E-state index contributed by atoms with van der Waals surface area (Å²) in [6, 6.07) is 7.75. The lowest BCUT2D eigenvalue weighted by Crippen LogP contribution is -2.45. The highest BCUT2D eigenvalue weighted by molar-refractivity contribution is 6.71. The van der Waals surface area contributed by atoms with Crippen molar-refractivity contribution in [1.29, 1.82) is 0 Å². The Hall–Kier alpha value is -3.40. The van der Waals surface area contributed by atoms with Gasteiger partial charge in [-0.2, -0.15) is 0 Å². The Bertz CT molecular complexity index is 1100. The van der Waals surface area contributed by atoms with Gasteiger partial charge in [0.1, 0.15) is 6.04 Å². The summed E-state index contributed by atoms with van der Waals surface area (Å²) < 4.78 is 33.5. The van der Waals surface area contributed by atoms with Gasteiger partial charge in [-0.25, -0.2) is 0 Å². The first-order valence-corrected chi connectivity index (χ1v) is 14.8. The number of carbonyl (C=O) groups excluding carboxylic acids is 2. The van der Waals surface area contributed by atoms with Crippen LogP contribution in [0.3, 0.4) is 0 Å². The van der Waals surface area contributed by atoms with Crippen molar-refractivity contribution in [2.45, 2.75) is 44.6 Å². The third-order valence-electron chi connectivity index (χ3n) is 5.93. The number of ether oxygens (including phenoxy) is 5. The molecule has 2 unspecified atom stereocenters. The largest absolute Gasteiger partial charge is 0.518 e. The molecule has 0 aromatic heterocycles. The third kappa shape index (κ3) is 4.88. The van der Waals surface area contributed by atoms with Crippen molar-refractivity contribution in [1.82, 2.24) is 4.90 Å². The van der Waals surface area contributed by atoms with Crippen molar-refractivity contribution in [3.8, 4) is 28.7 Å². The average Bonchev–Trinajstić information content (AvgIpc) is 3.44. The van der Waals surface area contributed by atoms with Crippen LogP contribution in [0.25, 0.3) is 0 Å². The zero-order chi connectivity index (χ0) is 25.3. The van der Waals surface area contributed by atoms with Crippen LogP contribution in [0.1, 0.15) is 30.0 Å². The van der Waals surface area contributed by atoms with Gasteiger partial charge in [0.15, 0.2) is 23.0 Å². The Kier molecular flexibility index (Phi) is 6.84. The lowest BCUT2D eigenvalue weighted by atomic mass is 9.95. The molecule has 2 aliphatic heterocycles. The first-order chi connectivity index (χ1) is 16.7. The van der Waals surface area contributed by atoms with E-state index in [1.165, 1.54) is 21.3 Å². The number of likely N-dealkylation sites (tertiary alicyclic amines) is 1. The van der Waals surface area contributed by atoms with E-state index in [4.69, 9.17) is 28.1 Å². The zero-order valence-electron chi connectivity index (χ0n) is 20.9. The van der Waals surface area contributed by atoms with Crippen molar-refractivity contribution in [2.24, 2.45) is 0 Å². The molecular weight excluding hydrogens is 470 g/mol. The minimum Gasteiger partial charge on any atom is -0.518 e. The number of rotatable bonds is 8. The van der Waals surface area contributed by atoms with E-state index in [1.807, 2.05) is 31.8 Å². The van der Waals surface area contributed by atoms with Crippen molar-refractivity contribution in [2.75, 3.05) is 28.1 Å². The van der Waals surface area contributed by atoms with Crippen LogP contribution in [-0.4, -0.2) is 59.3 Å². The predicted molar refractivity (Wildman–Crippen MR) is 130 cm³/mol. The summed E-state index contributed by atoms with van der Waals surface area (Å²) in [7, 11) is 2.43. The molecule has 0 aliphatic carbocycles. The molecule has 35 heavy (non-hydrogen) atoms. The number of carbonyl (C=O) groups is 2. The van der Waals surface area contributed by atoms with Gasteiger partial charge in [-0.15, -0.1) is 0 Å². The molecule has 1 saturated heterocycles. The van der Waals surface area contributed by atoms with E-state index in [-0.39, 0.29) is 25.1 Å². The monoisotopic (exact) mass is 501 g/mol. The first-order valence-electron chi connectivity index (χ1n) is 11.4. The van der Waals surface area contributed by atoms with Gasteiger partial charge in [-0.05, 0) is 61.5 Å². The SMILES string of the molecule is COc1cc(C(c2ccc3c(c2)OCO3)N2C(=O)CCC2C(=O)O[Si](C)(C)C)cc(OC)c1OC. The molecule has 2 aromatic carbocycles. The summed E-state index contributed by atoms with van der Waals surface area (Å²) in [6.07, 6.45) is 0.630. The molecule has 0 spiro atoms. The molecule has 0 N–H and O–H groups in total. The van der Waals surface area contributed by atoms with Crippen LogP contribution in [0, 0.1) is 0 Å². The molecule has 2 aliphatic rings. The van der Waals surface area contributed by atoms with E-state index in [0.29, 0.717) is 40.7 Å². The molecule has 188 valence electrons. The van der Waals surface area contributed by atoms with Gasteiger partial charge in [0.05, 0.1) is 27.4 Å². The predicted octanol–water partition coefficient (Wildman–Crippen LogP) is 3.90. The molecular formula is C25H31NO8Si. The smallest absolute Gasteiger partial charge is 0.315 e. The lowest BCUT2D eigenvalue weighted by molar-refractivity contribution is -0.145. The standard InChI is InChI=1S/C25H31NO8Si/c1-29-20-12-16(13-21(30-2)24(20)31-3)23(15-7-9-18-19(11-15)33-14-32-18)26-17(8-10-22(26)27)25(28)34-35(4,5)6/h7,9,11-13,17,23H,8,10,14H2,1-6H3. The third-order valence-corrected chi connectivity index (χ3v) is 6.74. The molecule has 2 aromatic rings. The van der Waals surface area contributed by atoms with Crippen molar-refractivity contribution in [3.05, 3.63) is 41.5 Å². The molecule has 1 amide bonds. The van der Waals surface area contributed by atoms with Crippen molar-refractivity contribution in [3.63, 3.8) is 0 Å². The molecule has 10 heteroatoms. The van der Waals surface area contributed by atoms with E-state index in [1.54, 1.807) is 23.1 Å². The van der Waals surface area contributed by atoms with Crippen LogP contribution < -0.4 is 23.7 Å². The van der Waals surface area contributed by atoms with Gasteiger partial charge in [-0.3, -0.25) is 9.59 Å². The number of nitrogens with zero attached hydrogens (tertiary/aromatic N) is 1. The summed E-state index contributed by atoms with van der Waals surface area (Å²) in [5.74, 6) is 2.01. The topological polar surface area (TPSA) is 92.8 Å². The molecule has 4 rings (SSSR count). The highest BCUT2D eigenvalue weighted by Crippen LogP contribution is 2.45. The van der Waals surface area contributed by atoms with Gasteiger partial charge in [0.25, 0.3) is 0 Å². The minimum absolute atomic E-state index is 0.126. The Labute approximate surface area is 205 Å². The summed E-state index contributed by atoms with van der Waals surface area (Å²) in [4.78, 5) is 28.1. The molecule has 0 bridgehead atoms. The number of hydrogen-bond acceptors (Lipinski definition) is 8. The fourth-order valence-electron chi connectivity index (χ4n) is 4.48. The van der Waals surface area contributed by atoms with Crippen LogP contribution in [0.5, 0.6) is 28.7 Å². The summed E-state index contributed by atoms with van der Waals surface area (Å²) in [5, 5.41) is 0. The highest BCUT2D eigenvalue weighted by atomic mass is 28.4. The van der Waals surface area contributed by atoms with Crippen LogP contribution in [0.2, 0.25) is 19.6 Å². The second-order valence-corrected chi connectivity index (χ2v) is 13.8. The molecule has 0 saturated carbocycles. The number of amides is 1. The molecule has 1 fully saturated rings. The van der Waals surface area contributed by atoms with Crippen molar-refractivity contribution < 1.29 is 37.7 Å². The van der Waals surface area contributed by atoms with E-state index in [9.17, 15) is 9.59 Å². The maximum atomic E-state index is 13.3. The number of benzene rings is 2. The Morgan fingerprint density at radius 3 is 2.23 bits per heavy atom. The summed E-state index contributed by atoms with van der Waals surface area (Å²) >= 11 is 0. The average molecular weight is 502 g/mol. The molecule has 2 atom stereocenters. The van der Waals surface area contributed by atoms with E-state index >= 15 is 0 Å². The Morgan fingerprint density at radius 1 is 0.971 bits per heavy atom. The van der Waals surface area contributed by atoms with Crippen LogP contribution >= 0.6 is 0 Å². The van der Waals surface area contributed by atoms with Gasteiger partial charge >= 0.3 is 5.97 Å². The van der Waals surface area contributed by atoms with Crippen LogP contribution in [-0.2, 0) is 14.0 Å². The molecule has 0 radical (unpaired) electrons. The Balaban J connectivity index is 1.87. The van der Waals surface area contributed by atoms with Gasteiger partial charge < -0.3 is 33.0 Å². The number of fused-ring (bicyclic) bond motifs is 1. The summed E-state index contributed by atoms with van der Waals surface area (Å²) in [5.41, 5.74) is 1.45. The minimum atomic E-state index is -2.17. The maximum absolute atomic E-state index is 13.3. The zero-order valence-corrected chi connectivity index (χ0v) is 21.9. The maximum Gasteiger partial charge on any atom is 0.315 e. The fourth-order valence-corrected chi connectivity index (χ4v) is 5.22. The fraction of sp³-hybridized carbons (Fsp3) is 0.440. The second kappa shape index (κ2) is 9.69. The van der Waals surface area contributed by atoms with E-state index in [0.717, 1.165) is 5.56 Å². The van der Waals surface area contributed by atoms with Crippen molar-refractivity contribution >= 4 is 20.2 Å². The second-order valence-electron chi connectivity index (χ2n) is 9.36. The lowest BCUT2D eigenvalue weighted by Gasteiger charge is -2.34. The van der Waals surface area contributed by atoms with Crippen LogP contribution in [0.4, 0.5) is 0 Å². The number of methoxy groups -OCH3 is 3. The molecule has 9 nitrogen and oxygen atoms in total. The first kappa shape index (κ1) is 24.7. The highest BCUT2D eigenvalue weighted by Gasteiger charge is 2.44. The quantitative estimate of drug-likeness (QED) is 0.503. The van der Waals surface area contributed by atoms with Gasteiger partial charge in [-0.1, -0.05) is 6.07 Å². The van der Waals surface area contributed by atoms with E-state index < -0.39 is 20.4 Å². The van der Waals surface area contributed by atoms with Crippen LogP contribution in [0.15, 0.2) is 30.3 Å².